The van der Waals surface area contributed by atoms with Crippen molar-refractivity contribution in [1.82, 2.24) is 0 Å². The monoisotopic (exact) mass is 304 g/mol. The van der Waals surface area contributed by atoms with E-state index in [1.807, 2.05) is 18.2 Å². The molecule has 3 aromatic rings. The molecular weight excluding hydrogens is 276 g/mol. The summed E-state index contributed by atoms with van der Waals surface area (Å²) in [5.41, 5.74) is 6.72. The first-order valence-electron chi connectivity index (χ1n) is 8.06. The highest BCUT2D eigenvalue weighted by Gasteiger charge is 1.84. The van der Waals surface area contributed by atoms with E-state index >= 15 is 0 Å². The maximum atomic E-state index is 2.12. The number of benzene rings is 3. The van der Waals surface area contributed by atoms with Crippen LogP contribution in [0.15, 0.2) is 78.9 Å². The molecule has 0 aliphatic rings. The third-order valence-corrected chi connectivity index (χ3v) is 3.58. The minimum Gasteiger partial charge on any atom is -0.0622 e. The van der Waals surface area contributed by atoms with Gasteiger partial charge in [0.2, 0.25) is 0 Å². The van der Waals surface area contributed by atoms with Gasteiger partial charge in [-0.1, -0.05) is 95.6 Å². The molecule has 0 heterocycles. The van der Waals surface area contributed by atoms with E-state index in [1.165, 1.54) is 27.8 Å². The minimum absolute atomic E-state index is 1.32. The largest absolute Gasteiger partial charge is 0.0622 e. The molecule has 0 aliphatic carbocycles. The highest BCUT2D eigenvalue weighted by atomic mass is 13.9. The van der Waals surface area contributed by atoms with Crippen LogP contribution in [0.3, 0.4) is 0 Å². The van der Waals surface area contributed by atoms with Crippen LogP contribution >= 0.6 is 0 Å². The van der Waals surface area contributed by atoms with Gasteiger partial charge in [0.05, 0.1) is 0 Å². The second-order valence-electron chi connectivity index (χ2n) is 5.89. The lowest BCUT2D eigenvalue weighted by molar-refractivity contribution is 1.34. The lowest BCUT2D eigenvalue weighted by Gasteiger charge is -1.93. The molecule has 23 heavy (non-hydrogen) atoms. The van der Waals surface area contributed by atoms with Crippen molar-refractivity contribution in [3.05, 3.63) is 107 Å². The Morgan fingerprint density at radius 1 is 0.348 bits per heavy atom. The standard InChI is InChI=1S/2C8H10.C7H8/c1-7-3-5-8(2)6-4-7;1-7-5-3-4-6-8(7)2;1-7-5-3-2-4-6-7/h2*3-6H,1-2H3;2-6H,1H3. The normalized spacial score (nSPS) is 9.09. The Kier molecular flexibility index (Phi) is 8.46. The van der Waals surface area contributed by atoms with Gasteiger partial charge in [0.15, 0.2) is 0 Å². The predicted molar refractivity (Wildman–Crippen MR) is 103 cm³/mol. The van der Waals surface area contributed by atoms with Crippen molar-refractivity contribution in [3.8, 4) is 0 Å². The van der Waals surface area contributed by atoms with Crippen LogP contribution in [-0.4, -0.2) is 0 Å². The first-order valence-corrected chi connectivity index (χ1v) is 8.06. The van der Waals surface area contributed by atoms with Gasteiger partial charge in [0.25, 0.3) is 0 Å². The van der Waals surface area contributed by atoms with Crippen molar-refractivity contribution in [2.45, 2.75) is 34.6 Å². The fraction of sp³-hybridized carbons (Fsp3) is 0.217. The van der Waals surface area contributed by atoms with Gasteiger partial charge >= 0.3 is 0 Å². The van der Waals surface area contributed by atoms with Crippen LogP contribution in [-0.2, 0) is 0 Å². The van der Waals surface area contributed by atoms with Crippen molar-refractivity contribution in [3.63, 3.8) is 0 Å². The summed E-state index contributed by atoms with van der Waals surface area (Å²) in [5, 5.41) is 0. The van der Waals surface area contributed by atoms with Gasteiger partial charge < -0.3 is 0 Å². The van der Waals surface area contributed by atoms with E-state index in [0.717, 1.165) is 0 Å². The Morgan fingerprint density at radius 2 is 0.652 bits per heavy atom. The molecule has 0 nitrogen and oxygen atoms in total. The molecule has 0 N–H and O–H groups in total. The maximum Gasteiger partial charge on any atom is -0.0395 e. The molecule has 0 heteroatoms. The second-order valence-corrected chi connectivity index (χ2v) is 5.89. The van der Waals surface area contributed by atoms with Crippen molar-refractivity contribution in [2.24, 2.45) is 0 Å². The predicted octanol–water partition coefficient (Wildman–Crippen LogP) is 6.60. The first-order chi connectivity index (χ1) is 11.0. The summed E-state index contributed by atoms with van der Waals surface area (Å²) in [7, 11) is 0. The molecule has 3 aromatic carbocycles. The summed E-state index contributed by atoms with van der Waals surface area (Å²) in [6.07, 6.45) is 0. The molecule has 0 atom stereocenters. The van der Waals surface area contributed by atoms with Crippen LogP contribution in [0, 0.1) is 34.6 Å². The zero-order valence-electron chi connectivity index (χ0n) is 15.0. The van der Waals surface area contributed by atoms with E-state index < -0.39 is 0 Å². The lowest BCUT2D eigenvalue weighted by Crippen LogP contribution is -1.74. The Bertz CT molecular complexity index is 622. The van der Waals surface area contributed by atoms with Crippen molar-refractivity contribution in [1.29, 1.82) is 0 Å². The van der Waals surface area contributed by atoms with Crippen LogP contribution in [0.4, 0.5) is 0 Å². The van der Waals surface area contributed by atoms with E-state index in [2.05, 4.69) is 95.3 Å². The third-order valence-electron chi connectivity index (χ3n) is 3.58. The number of hydrogen-bond donors (Lipinski definition) is 0. The number of hydrogen-bond acceptors (Lipinski definition) is 0. The van der Waals surface area contributed by atoms with Crippen molar-refractivity contribution >= 4 is 0 Å². The molecule has 3 rings (SSSR count). The average molecular weight is 304 g/mol. The van der Waals surface area contributed by atoms with E-state index in [-0.39, 0.29) is 0 Å². The van der Waals surface area contributed by atoms with E-state index in [1.54, 1.807) is 0 Å². The van der Waals surface area contributed by atoms with Gasteiger partial charge in [-0.15, -0.1) is 0 Å². The Morgan fingerprint density at radius 3 is 0.913 bits per heavy atom. The molecule has 0 saturated carbocycles. The van der Waals surface area contributed by atoms with Gasteiger partial charge in [0.1, 0.15) is 0 Å². The van der Waals surface area contributed by atoms with Gasteiger partial charge in [-0.25, -0.2) is 0 Å². The molecular formula is C23H28. The van der Waals surface area contributed by atoms with E-state index in [9.17, 15) is 0 Å². The number of aryl methyl sites for hydroxylation is 5. The fourth-order valence-electron chi connectivity index (χ4n) is 1.83. The van der Waals surface area contributed by atoms with Crippen LogP contribution in [0.1, 0.15) is 27.8 Å². The summed E-state index contributed by atoms with van der Waals surface area (Å²) in [6.45, 7) is 10.5. The topological polar surface area (TPSA) is 0 Å². The molecule has 0 amide bonds. The minimum atomic E-state index is 1.32. The zero-order chi connectivity index (χ0) is 17.1. The molecule has 0 radical (unpaired) electrons. The number of rotatable bonds is 0. The van der Waals surface area contributed by atoms with Crippen LogP contribution in [0.25, 0.3) is 0 Å². The molecule has 0 spiro atoms. The summed E-state index contributed by atoms with van der Waals surface area (Å²) in [4.78, 5) is 0. The van der Waals surface area contributed by atoms with Crippen molar-refractivity contribution < 1.29 is 0 Å². The molecule has 0 fully saturated rings. The highest BCUT2D eigenvalue weighted by molar-refractivity contribution is 5.23. The highest BCUT2D eigenvalue weighted by Crippen LogP contribution is 2.02. The van der Waals surface area contributed by atoms with Crippen LogP contribution < -0.4 is 0 Å². The van der Waals surface area contributed by atoms with E-state index in [0.29, 0.717) is 0 Å². The summed E-state index contributed by atoms with van der Waals surface area (Å²) in [6, 6.07) is 27.1. The first kappa shape index (κ1) is 18.7. The Labute approximate surface area is 141 Å². The van der Waals surface area contributed by atoms with Gasteiger partial charge in [-0.2, -0.15) is 0 Å². The fourth-order valence-corrected chi connectivity index (χ4v) is 1.83. The average Bonchev–Trinajstić information content (AvgIpc) is 2.55. The quantitative estimate of drug-likeness (QED) is 0.439. The summed E-state index contributed by atoms with van der Waals surface area (Å²) in [5.74, 6) is 0. The maximum absolute atomic E-state index is 2.12. The van der Waals surface area contributed by atoms with Gasteiger partial charge in [-0.05, 0) is 45.7 Å². The smallest absolute Gasteiger partial charge is 0.0395 e. The van der Waals surface area contributed by atoms with Crippen molar-refractivity contribution in [2.75, 3.05) is 0 Å². The second kappa shape index (κ2) is 10.4. The van der Waals surface area contributed by atoms with Gasteiger partial charge in [0, 0.05) is 0 Å². The SMILES string of the molecule is Cc1ccc(C)cc1.Cc1ccccc1.Cc1ccccc1C. The summed E-state index contributed by atoms with van der Waals surface area (Å²) >= 11 is 0. The molecule has 0 bridgehead atoms. The lowest BCUT2D eigenvalue weighted by atomic mass is 10.1. The Balaban J connectivity index is 0.000000173. The van der Waals surface area contributed by atoms with E-state index in [4.69, 9.17) is 0 Å². The molecule has 0 saturated heterocycles. The molecule has 0 unspecified atom stereocenters. The Hall–Kier alpha value is -2.34. The molecule has 0 aromatic heterocycles. The van der Waals surface area contributed by atoms with Crippen LogP contribution in [0.2, 0.25) is 0 Å². The summed E-state index contributed by atoms with van der Waals surface area (Å²) < 4.78 is 0. The van der Waals surface area contributed by atoms with Gasteiger partial charge in [-0.3, -0.25) is 0 Å². The molecule has 0 aliphatic heterocycles. The molecule has 120 valence electrons. The van der Waals surface area contributed by atoms with Crippen LogP contribution in [0.5, 0.6) is 0 Å². The zero-order valence-corrected chi connectivity index (χ0v) is 15.0. The third kappa shape index (κ3) is 8.63.